The molecule has 0 aromatic carbocycles. The summed E-state index contributed by atoms with van der Waals surface area (Å²) in [4.78, 5) is 10.9. The van der Waals surface area contributed by atoms with Crippen LogP contribution < -0.4 is 16.6 Å². The summed E-state index contributed by atoms with van der Waals surface area (Å²) in [5.74, 6) is 6.75. The van der Waals surface area contributed by atoms with Crippen LogP contribution in [0.3, 0.4) is 0 Å². The Morgan fingerprint density at radius 3 is 2.95 bits per heavy atom. The molecule has 0 aliphatic heterocycles. The van der Waals surface area contributed by atoms with E-state index in [0.29, 0.717) is 11.9 Å². The van der Waals surface area contributed by atoms with Crippen molar-refractivity contribution in [2.24, 2.45) is 5.84 Å². The number of rotatable bonds is 6. The van der Waals surface area contributed by atoms with Crippen LogP contribution in [-0.2, 0) is 0 Å². The Morgan fingerprint density at radius 1 is 1.47 bits per heavy atom. The van der Waals surface area contributed by atoms with Crippen molar-refractivity contribution in [3.63, 3.8) is 0 Å². The largest absolute Gasteiger partial charge is 0.366 e. The second kappa shape index (κ2) is 5.85. The number of likely N-dealkylation sites (N-methyl/N-ethyl adjacent to an activating group) is 1. The quantitative estimate of drug-likeness (QED) is 0.527. The zero-order valence-electron chi connectivity index (χ0n) is 11.6. The van der Waals surface area contributed by atoms with Gasteiger partial charge in [0.05, 0.1) is 6.20 Å². The molecule has 2 aromatic heterocycles. The van der Waals surface area contributed by atoms with Crippen LogP contribution >= 0.6 is 0 Å². The highest BCUT2D eigenvalue weighted by Gasteiger charge is 2.07. The van der Waals surface area contributed by atoms with Crippen molar-refractivity contribution in [2.45, 2.75) is 19.9 Å². The predicted molar refractivity (Wildman–Crippen MR) is 77.1 cm³/mol. The molecule has 19 heavy (non-hydrogen) atoms. The maximum absolute atomic E-state index is 5.41. The summed E-state index contributed by atoms with van der Waals surface area (Å²) in [6.07, 6.45) is 5.40. The van der Waals surface area contributed by atoms with Gasteiger partial charge in [-0.25, -0.2) is 15.8 Å². The molecular weight excluding hydrogens is 242 g/mol. The van der Waals surface area contributed by atoms with Crippen LogP contribution in [0.15, 0.2) is 18.6 Å². The number of hydrazine groups is 1. The fraction of sp³-hybridized carbons (Fsp3) is 0.500. The van der Waals surface area contributed by atoms with E-state index in [1.54, 1.807) is 12.4 Å². The van der Waals surface area contributed by atoms with Crippen molar-refractivity contribution in [3.8, 4) is 0 Å². The van der Waals surface area contributed by atoms with Crippen LogP contribution in [0.25, 0.3) is 5.65 Å². The third-order valence-corrected chi connectivity index (χ3v) is 3.16. The first kappa shape index (κ1) is 13.6. The van der Waals surface area contributed by atoms with E-state index in [0.717, 1.165) is 24.6 Å². The molecular formula is C12H21N7. The minimum Gasteiger partial charge on any atom is -0.366 e. The van der Waals surface area contributed by atoms with Crippen molar-refractivity contribution < 1.29 is 0 Å². The average molecular weight is 263 g/mol. The number of aromatic nitrogens is 3. The molecule has 0 fully saturated rings. The molecule has 104 valence electrons. The Labute approximate surface area is 112 Å². The Morgan fingerprint density at radius 2 is 2.26 bits per heavy atom. The van der Waals surface area contributed by atoms with Crippen molar-refractivity contribution in [1.29, 1.82) is 0 Å². The molecule has 0 amide bonds. The lowest BCUT2D eigenvalue weighted by atomic mass is 10.3. The summed E-state index contributed by atoms with van der Waals surface area (Å²) in [6.45, 7) is 6.08. The number of nitrogens with zero attached hydrogens (tertiary/aromatic N) is 4. The molecule has 0 spiro atoms. The topological polar surface area (TPSA) is 83.5 Å². The number of nitrogens with two attached hydrogens (primary N) is 1. The Bertz CT molecular complexity index is 534. The fourth-order valence-corrected chi connectivity index (χ4v) is 1.73. The third-order valence-electron chi connectivity index (χ3n) is 3.16. The van der Waals surface area contributed by atoms with Gasteiger partial charge in [-0.15, -0.1) is 0 Å². The second-order valence-corrected chi connectivity index (χ2v) is 4.78. The SMILES string of the molecule is CC(C)N(C)CCNc1nc(NN)cn2ccnc12. The monoisotopic (exact) mass is 263 g/mol. The third kappa shape index (κ3) is 3.12. The van der Waals surface area contributed by atoms with E-state index >= 15 is 0 Å². The van der Waals surface area contributed by atoms with Gasteiger partial charge in [0, 0.05) is 31.5 Å². The smallest absolute Gasteiger partial charge is 0.180 e. The first-order valence-corrected chi connectivity index (χ1v) is 6.36. The van der Waals surface area contributed by atoms with Gasteiger partial charge >= 0.3 is 0 Å². The van der Waals surface area contributed by atoms with Crippen molar-refractivity contribution in [3.05, 3.63) is 18.6 Å². The van der Waals surface area contributed by atoms with E-state index in [9.17, 15) is 0 Å². The Kier molecular flexibility index (Phi) is 4.18. The molecule has 0 radical (unpaired) electrons. The summed E-state index contributed by atoms with van der Waals surface area (Å²) < 4.78 is 1.89. The second-order valence-electron chi connectivity index (χ2n) is 4.78. The summed E-state index contributed by atoms with van der Waals surface area (Å²) in [7, 11) is 2.10. The van der Waals surface area contributed by atoms with Crippen LogP contribution in [0.1, 0.15) is 13.8 Å². The average Bonchev–Trinajstić information content (AvgIpc) is 2.86. The standard InChI is InChI=1S/C12H21N7/c1-9(2)18(3)6-4-14-11-12-15-5-7-19(12)8-10(16-11)17-13/h5,7-9,17H,4,6,13H2,1-3H3,(H,14,16). The van der Waals surface area contributed by atoms with Gasteiger partial charge < -0.3 is 20.0 Å². The molecule has 0 aliphatic carbocycles. The van der Waals surface area contributed by atoms with Gasteiger partial charge in [0.2, 0.25) is 0 Å². The number of nitrogen functional groups attached to an aromatic ring is 1. The van der Waals surface area contributed by atoms with E-state index in [1.807, 2.05) is 10.6 Å². The molecule has 2 rings (SSSR count). The van der Waals surface area contributed by atoms with Gasteiger partial charge in [0.15, 0.2) is 17.3 Å². The lowest BCUT2D eigenvalue weighted by Crippen LogP contribution is -2.31. The lowest BCUT2D eigenvalue weighted by Gasteiger charge is -2.21. The molecule has 0 atom stereocenters. The Hall–Kier alpha value is -1.86. The normalized spacial score (nSPS) is 11.5. The van der Waals surface area contributed by atoms with Crippen molar-refractivity contribution in [2.75, 3.05) is 30.9 Å². The summed E-state index contributed by atoms with van der Waals surface area (Å²) in [5, 5.41) is 3.30. The molecule has 2 aromatic rings. The van der Waals surface area contributed by atoms with Crippen molar-refractivity contribution in [1.82, 2.24) is 19.3 Å². The molecule has 0 saturated heterocycles. The number of hydrogen-bond acceptors (Lipinski definition) is 6. The van der Waals surface area contributed by atoms with E-state index in [4.69, 9.17) is 5.84 Å². The molecule has 0 aliphatic rings. The summed E-state index contributed by atoms with van der Waals surface area (Å²) >= 11 is 0. The van der Waals surface area contributed by atoms with Crippen LogP contribution in [0, 0.1) is 0 Å². The van der Waals surface area contributed by atoms with Crippen LogP contribution in [-0.4, -0.2) is 45.4 Å². The highest BCUT2D eigenvalue weighted by Crippen LogP contribution is 2.15. The fourth-order valence-electron chi connectivity index (χ4n) is 1.73. The minimum atomic E-state index is 0.526. The zero-order chi connectivity index (χ0) is 13.8. The van der Waals surface area contributed by atoms with E-state index in [2.05, 4.69) is 46.5 Å². The Balaban J connectivity index is 2.09. The molecule has 0 saturated carbocycles. The number of anilines is 2. The molecule has 2 heterocycles. The molecule has 0 bridgehead atoms. The number of nitrogens with one attached hydrogen (secondary N) is 2. The molecule has 7 nitrogen and oxygen atoms in total. The predicted octanol–water partition coefficient (Wildman–Crippen LogP) is 0.767. The summed E-state index contributed by atoms with van der Waals surface area (Å²) in [6, 6.07) is 0.526. The molecule has 0 unspecified atom stereocenters. The highest BCUT2D eigenvalue weighted by atomic mass is 15.3. The minimum absolute atomic E-state index is 0.526. The maximum Gasteiger partial charge on any atom is 0.180 e. The van der Waals surface area contributed by atoms with E-state index in [1.165, 1.54) is 0 Å². The van der Waals surface area contributed by atoms with Gasteiger partial charge in [0.25, 0.3) is 0 Å². The lowest BCUT2D eigenvalue weighted by molar-refractivity contribution is 0.284. The first-order valence-electron chi connectivity index (χ1n) is 6.36. The maximum atomic E-state index is 5.41. The zero-order valence-corrected chi connectivity index (χ0v) is 11.6. The van der Waals surface area contributed by atoms with Crippen molar-refractivity contribution >= 4 is 17.3 Å². The number of fused-ring (bicyclic) bond motifs is 1. The van der Waals surface area contributed by atoms with Gasteiger partial charge in [0.1, 0.15) is 0 Å². The van der Waals surface area contributed by atoms with Crippen LogP contribution in [0.4, 0.5) is 11.6 Å². The van der Waals surface area contributed by atoms with E-state index < -0.39 is 0 Å². The number of hydrogen-bond donors (Lipinski definition) is 3. The summed E-state index contributed by atoms with van der Waals surface area (Å²) in [5.41, 5.74) is 3.35. The van der Waals surface area contributed by atoms with E-state index in [-0.39, 0.29) is 0 Å². The van der Waals surface area contributed by atoms with Gasteiger partial charge in [-0.3, -0.25) is 0 Å². The molecule has 7 heteroatoms. The molecule has 4 N–H and O–H groups in total. The number of imidazole rings is 1. The highest BCUT2D eigenvalue weighted by molar-refractivity contribution is 5.65. The van der Waals surface area contributed by atoms with Gasteiger partial charge in [-0.1, -0.05) is 0 Å². The van der Waals surface area contributed by atoms with Gasteiger partial charge in [-0.2, -0.15) is 0 Å². The van der Waals surface area contributed by atoms with Crippen LogP contribution in [0.5, 0.6) is 0 Å². The van der Waals surface area contributed by atoms with Crippen LogP contribution in [0.2, 0.25) is 0 Å². The first-order chi connectivity index (χ1) is 9.11. The van der Waals surface area contributed by atoms with Gasteiger partial charge in [-0.05, 0) is 20.9 Å².